The van der Waals surface area contributed by atoms with E-state index in [1.165, 1.54) is 13.8 Å². The van der Waals surface area contributed by atoms with Gasteiger partial charge in [-0.3, -0.25) is 14.4 Å². The van der Waals surface area contributed by atoms with Crippen molar-refractivity contribution in [3.8, 4) is 0 Å². The van der Waals surface area contributed by atoms with E-state index in [-0.39, 0.29) is 54.1 Å². The van der Waals surface area contributed by atoms with Gasteiger partial charge in [0.2, 0.25) is 0 Å². The van der Waals surface area contributed by atoms with Gasteiger partial charge in [0.05, 0.1) is 30.7 Å². The molecule has 3 heterocycles. The molecule has 9 nitrogen and oxygen atoms in total. The van der Waals surface area contributed by atoms with E-state index < -0.39 is 29.2 Å². The van der Waals surface area contributed by atoms with Crippen molar-refractivity contribution >= 4 is 17.9 Å². The summed E-state index contributed by atoms with van der Waals surface area (Å²) in [5, 5.41) is 0. The molecule has 2 saturated carbocycles. The molecule has 214 valence electrons. The maximum atomic E-state index is 13.0. The van der Waals surface area contributed by atoms with Crippen LogP contribution in [0.2, 0.25) is 0 Å². The summed E-state index contributed by atoms with van der Waals surface area (Å²) in [6.07, 6.45) is 3.17. The molecule has 0 aromatic heterocycles. The number of fused-ring (bicyclic) bond motifs is 3. The smallest absolute Gasteiger partial charge is 0.309 e. The van der Waals surface area contributed by atoms with Gasteiger partial charge in [-0.2, -0.15) is 0 Å². The molecule has 5 rings (SSSR count). The summed E-state index contributed by atoms with van der Waals surface area (Å²) in [6, 6.07) is 0. The van der Waals surface area contributed by atoms with Gasteiger partial charge in [0.1, 0.15) is 24.4 Å². The van der Waals surface area contributed by atoms with Crippen LogP contribution >= 0.6 is 0 Å². The van der Waals surface area contributed by atoms with Gasteiger partial charge in [0.25, 0.3) is 0 Å². The normalized spacial score (nSPS) is 46.1. The van der Waals surface area contributed by atoms with Crippen LogP contribution in [0.3, 0.4) is 0 Å². The lowest BCUT2D eigenvalue weighted by Crippen LogP contribution is -2.72. The number of ether oxygens (including phenoxy) is 6. The van der Waals surface area contributed by atoms with Crippen LogP contribution in [0.5, 0.6) is 0 Å². The molecule has 38 heavy (non-hydrogen) atoms. The third-order valence-electron chi connectivity index (χ3n) is 10.8. The maximum absolute atomic E-state index is 13.0. The lowest BCUT2D eigenvalue weighted by molar-refractivity contribution is -0.270. The standard InChI is InChI=1S/C29H44O9/c1-7-16(2)25(32)37-22-9-8-21-27(6,23-13-20-10-11-33-26(20)38-23)17(3)12-24(36-19(5)31)28(21,14-34-18(4)30)29(22)15-35-29/h16-17,20-24,26H,7-15H2,1-6H3. The topological polar surface area (TPSA) is 110 Å². The number of hydrogen-bond donors (Lipinski definition) is 0. The zero-order valence-electron chi connectivity index (χ0n) is 23.7. The molecule has 0 radical (unpaired) electrons. The molecule has 0 bridgehead atoms. The molecular formula is C29H44O9. The molecule has 9 heteroatoms. The molecule has 1 spiro atoms. The van der Waals surface area contributed by atoms with Gasteiger partial charge in [-0.15, -0.1) is 0 Å². The fourth-order valence-electron chi connectivity index (χ4n) is 8.32. The molecule has 0 aromatic carbocycles. The number of carbonyl (C=O) groups excluding carboxylic acids is 3. The Morgan fingerprint density at radius 2 is 1.76 bits per heavy atom. The van der Waals surface area contributed by atoms with Gasteiger partial charge in [0, 0.05) is 25.2 Å². The van der Waals surface area contributed by atoms with E-state index in [2.05, 4.69) is 13.8 Å². The number of epoxide rings is 1. The van der Waals surface area contributed by atoms with E-state index in [9.17, 15) is 14.4 Å². The van der Waals surface area contributed by atoms with Gasteiger partial charge < -0.3 is 28.4 Å². The number of esters is 3. The highest BCUT2D eigenvalue weighted by Crippen LogP contribution is 2.70. The summed E-state index contributed by atoms with van der Waals surface area (Å²) in [6.45, 7) is 12.2. The molecule has 11 atom stereocenters. The van der Waals surface area contributed by atoms with E-state index in [1.807, 2.05) is 13.8 Å². The van der Waals surface area contributed by atoms with Crippen LogP contribution in [-0.2, 0) is 42.8 Å². The van der Waals surface area contributed by atoms with Crippen molar-refractivity contribution in [2.75, 3.05) is 19.8 Å². The lowest BCUT2D eigenvalue weighted by Gasteiger charge is -2.64. The van der Waals surface area contributed by atoms with Crippen LogP contribution in [0.1, 0.15) is 80.1 Å². The van der Waals surface area contributed by atoms with Crippen molar-refractivity contribution in [3.63, 3.8) is 0 Å². The van der Waals surface area contributed by atoms with Crippen molar-refractivity contribution in [1.82, 2.24) is 0 Å². The Morgan fingerprint density at radius 3 is 2.37 bits per heavy atom. The first-order valence-corrected chi connectivity index (χ1v) is 14.4. The Bertz CT molecular complexity index is 934. The van der Waals surface area contributed by atoms with Crippen molar-refractivity contribution in [2.24, 2.45) is 34.5 Å². The van der Waals surface area contributed by atoms with Crippen LogP contribution in [0.4, 0.5) is 0 Å². The summed E-state index contributed by atoms with van der Waals surface area (Å²) in [5.41, 5.74) is -2.11. The first kappa shape index (κ1) is 27.8. The second kappa shape index (κ2) is 10.0. The predicted octanol–water partition coefficient (Wildman–Crippen LogP) is 3.80. The van der Waals surface area contributed by atoms with Gasteiger partial charge in [0.15, 0.2) is 6.29 Å². The predicted molar refractivity (Wildman–Crippen MR) is 135 cm³/mol. The molecule has 0 aromatic rings. The molecule has 5 fully saturated rings. The van der Waals surface area contributed by atoms with E-state index in [1.54, 1.807) is 0 Å². The highest BCUT2D eigenvalue weighted by molar-refractivity contribution is 5.72. The largest absolute Gasteiger partial charge is 0.465 e. The first-order valence-electron chi connectivity index (χ1n) is 14.4. The highest BCUT2D eigenvalue weighted by atomic mass is 16.7. The minimum Gasteiger partial charge on any atom is -0.465 e. The summed E-state index contributed by atoms with van der Waals surface area (Å²) in [5.74, 6) is -0.824. The zero-order chi connectivity index (χ0) is 27.5. The first-order chi connectivity index (χ1) is 18.0. The van der Waals surface area contributed by atoms with Crippen LogP contribution in [0.25, 0.3) is 0 Å². The number of hydrogen-bond acceptors (Lipinski definition) is 9. The molecule has 2 aliphatic carbocycles. The van der Waals surface area contributed by atoms with Gasteiger partial charge in [-0.05, 0) is 50.4 Å². The van der Waals surface area contributed by atoms with E-state index in [4.69, 9.17) is 28.4 Å². The SMILES string of the molecule is CCC(C)C(=O)OC1CCC2C(C)(C3CC4CCOC4O3)C(C)CC(OC(C)=O)C2(COC(C)=O)C12CO2. The van der Waals surface area contributed by atoms with Crippen molar-refractivity contribution in [3.05, 3.63) is 0 Å². The van der Waals surface area contributed by atoms with E-state index in [0.29, 0.717) is 38.2 Å². The highest BCUT2D eigenvalue weighted by Gasteiger charge is 2.80. The molecular weight excluding hydrogens is 492 g/mol. The van der Waals surface area contributed by atoms with Gasteiger partial charge in [-0.1, -0.05) is 27.7 Å². The summed E-state index contributed by atoms with van der Waals surface area (Å²) < 4.78 is 36.8. The Morgan fingerprint density at radius 1 is 1.03 bits per heavy atom. The third kappa shape index (κ3) is 4.19. The Labute approximate surface area is 225 Å². The van der Waals surface area contributed by atoms with Crippen LogP contribution in [-0.4, -0.2) is 67.9 Å². The quantitative estimate of drug-likeness (QED) is 0.273. The summed E-state index contributed by atoms with van der Waals surface area (Å²) in [4.78, 5) is 37.6. The zero-order valence-corrected chi connectivity index (χ0v) is 23.7. The average molecular weight is 537 g/mol. The molecule has 0 N–H and O–H groups in total. The minimum atomic E-state index is -0.902. The van der Waals surface area contributed by atoms with Crippen molar-refractivity contribution < 1.29 is 42.8 Å². The Balaban J connectivity index is 1.58. The second-order valence-electron chi connectivity index (χ2n) is 12.6. The fraction of sp³-hybridized carbons (Fsp3) is 0.897. The lowest BCUT2D eigenvalue weighted by atomic mass is 9.42. The van der Waals surface area contributed by atoms with E-state index >= 15 is 0 Å². The monoisotopic (exact) mass is 536 g/mol. The third-order valence-corrected chi connectivity index (χ3v) is 10.8. The molecule has 0 amide bonds. The Kier molecular flexibility index (Phi) is 7.36. The van der Waals surface area contributed by atoms with Gasteiger partial charge in [-0.25, -0.2) is 0 Å². The van der Waals surface area contributed by atoms with E-state index in [0.717, 1.165) is 19.4 Å². The van der Waals surface area contributed by atoms with Crippen molar-refractivity contribution in [2.45, 2.75) is 110 Å². The van der Waals surface area contributed by atoms with Gasteiger partial charge >= 0.3 is 17.9 Å². The van der Waals surface area contributed by atoms with Crippen LogP contribution in [0, 0.1) is 34.5 Å². The molecule has 3 saturated heterocycles. The molecule has 11 unspecified atom stereocenters. The maximum Gasteiger partial charge on any atom is 0.309 e. The fourth-order valence-corrected chi connectivity index (χ4v) is 8.32. The van der Waals surface area contributed by atoms with Crippen LogP contribution in [0.15, 0.2) is 0 Å². The summed E-state index contributed by atoms with van der Waals surface area (Å²) in [7, 11) is 0. The number of rotatable bonds is 7. The van der Waals surface area contributed by atoms with Crippen molar-refractivity contribution in [1.29, 1.82) is 0 Å². The minimum absolute atomic E-state index is 0.0285. The average Bonchev–Trinajstić information content (AvgIpc) is 3.35. The van der Waals surface area contributed by atoms with Crippen LogP contribution < -0.4 is 0 Å². The Hall–Kier alpha value is -1.71. The second-order valence-corrected chi connectivity index (χ2v) is 12.6. The summed E-state index contributed by atoms with van der Waals surface area (Å²) >= 11 is 0. The molecule has 3 aliphatic heterocycles. The molecule has 5 aliphatic rings. The number of carbonyl (C=O) groups is 3.